The maximum Gasteiger partial charge on any atom is 0.291 e. The zero-order valence-corrected chi connectivity index (χ0v) is 15.0. The van der Waals surface area contributed by atoms with Crippen LogP contribution in [0.25, 0.3) is 11.3 Å². The van der Waals surface area contributed by atoms with Crippen molar-refractivity contribution < 1.29 is 9.21 Å². The van der Waals surface area contributed by atoms with Crippen molar-refractivity contribution in [1.29, 1.82) is 0 Å². The minimum atomic E-state index is -0.419. The van der Waals surface area contributed by atoms with Crippen molar-refractivity contribution >= 4 is 58.0 Å². The van der Waals surface area contributed by atoms with Crippen LogP contribution in [0.3, 0.4) is 0 Å². The lowest BCUT2D eigenvalue weighted by Crippen LogP contribution is -2.10. The fraction of sp³-hybridized carbons (Fsp3) is 0. The van der Waals surface area contributed by atoms with E-state index in [-0.39, 0.29) is 5.76 Å². The van der Waals surface area contributed by atoms with E-state index in [1.807, 2.05) is 0 Å². The van der Waals surface area contributed by atoms with Gasteiger partial charge in [-0.2, -0.15) is 0 Å². The Morgan fingerprint density at radius 2 is 1.58 bits per heavy atom. The molecule has 0 saturated heterocycles. The normalized spacial score (nSPS) is 10.7. The van der Waals surface area contributed by atoms with E-state index in [2.05, 4.69) is 5.32 Å². The Morgan fingerprint density at radius 3 is 2.33 bits per heavy atom. The topological polar surface area (TPSA) is 42.2 Å². The van der Waals surface area contributed by atoms with Crippen molar-refractivity contribution in [3.63, 3.8) is 0 Å². The summed E-state index contributed by atoms with van der Waals surface area (Å²) in [6.07, 6.45) is 0. The molecular formula is C17H9Cl4NO2. The molecule has 3 nitrogen and oxygen atoms in total. The van der Waals surface area contributed by atoms with Gasteiger partial charge in [0, 0.05) is 16.3 Å². The highest BCUT2D eigenvalue weighted by Gasteiger charge is 2.15. The van der Waals surface area contributed by atoms with E-state index in [1.54, 1.807) is 48.5 Å². The van der Waals surface area contributed by atoms with Gasteiger partial charge in [-0.1, -0.05) is 46.4 Å². The van der Waals surface area contributed by atoms with Crippen molar-refractivity contribution in [2.75, 3.05) is 5.32 Å². The van der Waals surface area contributed by atoms with Crippen LogP contribution in [0, 0.1) is 0 Å². The summed E-state index contributed by atoms with van der Waals surface area (Å²) in [5.74, 6) is 0.159. The van der Waals surface area contributed by atoms with Crippen LogP contribution in [0.1, 0.15) is 10.6 Å². The molecule has 0 aliphatic rings. The van der Waals surface area contributed by atoms with Crippen LogP contribution < -0.4 is 5.32 Å². The molecule has 122 valence electrons. The SMILES string of the molecule is O=C(Nc1ccc(Cl)c(Cl)c1)c1ccc(-c2cc(Cl)ccc2Cl)o1. The van der Waals surface area contributed by atoms with E-state index in [1.165, 1.54) is 0 Å². The number of nitrogens with one attached hydrogen (secondary N) is 1. The molecule has 1 amide bonds. The van der Waals surface area contributed by atoms with Crippen LogP contribution >= 0.6 is 46.4 Å². The molecule has 24 heavy (non-hydrogen) atoms. The highest BCUT2D eigenvalue weighted by molar-refractivity contribution is 6.42. The van der Waals surface area contributed by atoms with Gasteiger partial charge in [-0.25, -0.2) is 0 Å². The molecule has 1 N–H and O–H groups in total. The number of hydrogen-bond acceptors (Lipinski definition) is 2. The number of hydrogen-bond donors (Lipinski definition) is 1. The van der Waals surface area contributed by atoms with Gasteiger partial charge in [0.2, 0.25) is 0 Å². The Balaban J connectivity index is 1.83. The van der Waals surface area contributed by atoms with Crippen molar-refractivity contribution in [2.24, 2.45) is 0 Å². The largest absolute Gasteiger partial charge is 0.451 e. The van der Waals surface area contributed by atoms with Crippen LogP contribution in [-0.2, 0) is 0 Å². The fourth-order valence-electron chi connectivity index (χ4n) is 2.06. The third kappa shape index (κ3) is 3.70. The Bertz CT molecular complexity index is 921. The summed E-state index contributed by atoms with van der Waals surface area (Å²) in [6, 6.07) is 13.0. The predicted molar refractivity (Wildman–Crippen MR) is 98.6 cm³/mol. The zero-order chi connectivity index (χ0) is 17.3. The van der Waals surface area contributed by atoms with Gasteiger partial charge < -0.3 is 9.73 Å². The van der Waals surface area contributed by atoms with Crippen molar-refractivity contribution in [2.45, 2.75) is 0 Å². The van der Waals surface area contributed by atoms with Crippen LogP contribution in [0.15, 0.2) is 52.9 Å². The van der Waals surface area contributed by atoms with Gasteiger partial charge in [-0.15, -0.1) is 0 Å². The van der Waals surface area contributed by atoms with Crippen molar-refractivity contribution in [1.82, 2.24) is 0 Å². The number of halogens is 4. The minimum absolute atomic E-state index is 0.132. The third-order valence-electron chi connectivity index (χ3n) is 3.20. The fourth-order valence-corrected chi connectivity index (χ4v) is 2.74. The first-order valence-electron chi connectivity index (χ1n) is 6.76. The molecular weight excluding hydrogens is 392 g/mol. The lowest BCUT2D eigenvalue weighted by Gasteiger charge is -2.05. The molecule has 7 heteroatoms. The average Bonchev–Trinajstić information content (AvgIpc) is 3.03. The van der Waals surface area contributed by atoms with E-state index in [0.717, 1.165) is 0 Å². The highest BCUT2D eigenvalue weighted by atomic mass is 35.5. The molecule has 3 rings (SSSR count). The van der Waals surface area contributed by atoms with Gasteiger partial charge in [-0.3, -0.25) is 4.79 Å². The summed E-state index contributed by atoms with van der Waals surface area (Å²) in [5.41, 5.74) is 1.12. The average molecular weight is 401 g/mol. The second-order valence-electron chi connectivity index (χ2n) is 4.87. The second kappa shape index (κ2) is 7.08. The van der Waals surface area contributed by atoms with Crippen LogP contribution in [0.4, 0.5) is 5.69 Å². The number of carbonyl (C=O) groups is 1. The summed E-state index contributed by atoms with van der Waals surface area (Å²) in [4.78, 5) is 12.3. The predicted octanol–water partition coefficient (Wildman–Crippen LogP) is 6.81. The number of benzene rings is 2. The van der Waals surface area contributed by atoms with Gasteiger partial charge >= 0.3 is 0 Å². The zero-order valence-electron chi connectivity index (χ0n) is 11.9. The minimum Gasteiger partial charge on any atom is -0.451 e. The first kappa shape index (κ1) is 17.2. The summed E-state index contributed by atoms with van der Waals surface area (Å²) in [5, 5.41) is 4.44. The van der Waals surface area contributed by atoms with Gasteiger partial charge in [0.15, 0.2) is 5.76 Å². The summed E-state index contributed by atoms with van der Waals surface area (Å²) >= 11 is 23.9. The van der Waals surface area contributed by atoms with Crippen LogP contribution in [0.5, 0.6) is 0 Å². The Hall–Kier alpha value is -1.65. The second-order valence-corrected chi connectivity index (χ2v) is 6.53. The third-order valence-corrected chi connectivity index (χ3v) is 4.50. The molecule has 0 aliphatic carbocycles. The van der Waals surface area contributed by atoms with E-state index in [9.17, 15) is 4.79 Å². The van der Waals surface area contributed by atoms with E-state index < -0.39 is 5.91 Å². The molecule has 0 saturated carbocycles. The molecule has 0 aliphatic heterocycles. The van der Waals surface area contributed by atoms with Crippen molar-refractivity contribution in [3.8, 4) is 11.3 Å². The molecule has 0 fully saturated rings. The first-order chi connectivity index (χ1) is 11.4. The monoisotopic (exact) mass is 399 g/mol. The van der Waals surface area contributed by atoms with E-state index in [0.29, 0.717) is 37.1 Å². The molecule has 0 atom stereocenters. The Kier molecular flexibility index (Phi) is 5.07. The number of carbonyl (C=O) groups excluding carboxylic acids is 1. The number of amides is 1. The molecule has 0 unspecified atom stereocenters. The highest BCUT2D eigenvalue weighted by Crippen LogP contribution is 2.32. The van der Waals surface area contributed by atoms with Gasteiger partial charge in [-0.05, 0) is 48.5 Å². The molecule has 0 radical (unpaired) electrons. The van der Waals surface area contributed by atoms with Gasteiger partial charge in [0.25, 0.3) is 5.91 Å². The standard InChI is InChI=1S/C17H9Cl4NO2/c18-9-1-3-12(19)11(7-9)15-5-6-16(24-15)17(23)22-10-2-4-13(20)14(21)8-10/h1-8H,(H,22,23). The maximum atomic E-state index is 12.3. The van der Waals surface area contributed by atoms with Crippen LogP contribution in [-0.4, -0.2) is 5.91 Å². The number of furan rings is 1. The Labute approximate surface area is 158 Å². The van der Waals surface area contributed by atoms with Crippen molar-refractivity contribution in [3.05, 3.63) is 74.4 Å². The summed E-state index contributed by atoms with van der Waals surface area (Å²) in [6.45, 7) is 0. The summed E-state index contributed by atoms with van der Waals surface area (Å²) in [7, 11) is 0. The van der Waals surface area contributed by atoms with E-state index in [4.69, 9.17) is 50.8 Å². The smallest absolute Gasteiger partial charge is 0.291 e. The molecule has 2 aromatic carbocycles. The molecule has 0 spiro atoms. The molecule has 0 bridgehead atoms. The Morgan fingerprint density at radius 1 is 0.833 bits per heavy atom. The molecule has 1 heterocycles. The molecule has 3 aromatic rings. The lowest BCUT2D eigenvalue weighted by molar-refractivity contribution is 0.0997. The number of rotatable bonds is 3. The first-order valence-corrected chi connectivity index (χ1v) is 8.27. The maximum absolute atomic E-state index is 12.3. The molecule has 1 aromatic heterocycles. The van der Waals surface area contributed by atoms with Gasteiger partial charge in [0.05, 0.1) is 15.1 Å². The quantitative estimate of drug-likeness (QED) is 0.524. The number of anilines is 1. The van der Waals surface area contributed by atoms with E-state index >= 15 is 0 Å². The van der Waals surface area contributed by atoms with Crippen LogP contribution in [0.2, 0.25) is 20.1 Å². The summed E-state index contributed by atoms with van der Waals surface area (Å²) < 4.78 is 5.58. The van der Waals surface area contributed by atoms with Gasteiger partial charge in [0.1, 0.15) is 5.76 Å². The lowest BCUT2D eigenvalue weighted by atomic mass is 10.2.